The Kier molecular flexibility index (Phi) is 6.93. The van der Waals surface area contributed by atoms with Gasteiger partial charge in [-0.3, -0.25) is 4.90 Å². The minimum atomic E-state index is 0.217. The molecule has 0 aliphatic heterocycles. The predicted octanol–water partition coefficient (Wildman–Crippen LogP) is 4.34. The third kappa shape index (κ3) is 5.04. The molecule has 0 radical (unpaired) electrons. The van der Waals surface area contributed by atoms with Crippen molar-refractivity contribution in [2.75, 3.05) is 32.6 Å². The van der Waals surface area contributed by atoms with Crippen molar-refractivity contribution in [3.63, 3.8) is 0 Å². The summed E-state index contributed by atoms with van der Waals surface area (Å²) in [5, 5.41) is 7.74. The Morgan fingerprint density at radius 2 is 2.04 bits per heavy atom. The number of hydrogen-bond acceptors (Lipinski definition) is 7. The maximum atomic E-state index is 5.15. The molecular formula is C21H29N5OS. The van der Waals surface area contributed by atoms with Crippen molar-refractivity contribution >= 4 is 28.1 Å². The molecule has 3 aromatic rings. The van der Waals surface area contributed by atoms with Crippen LogP contribution in [0.3, 0.4) is 0 Å². The van der Waals surface area contributed by atoms with Gasteiger partial charge in [-0.1, -0.05) is 11.6 Å². The smallest absolute Gasteiger partial charge is 0.145 e. The van der Waals surface area contributed by atoms with Crippen LogP contribution in [0.1, 0.15) is 41.5 Å². The van der Waals surface area contributed by atoms with Crippen LogP contribution in [0.4, 0.5) is 5.82 Å². The Hall–Kier alpha value is -2.09. The number of rotatable bonds is 9. The first-order valence-electron chi connectivity index (χ1n) is 9.60. The van der Waals surface area contributed by atoms with Gasteiger partial charge in [-0.2, -0.15) is 0 Å². The molecule has 2 aromatic heterocycles. The van der Waals surface area contributed by atoms with E-state index in [1.165, 1.54) is 5.56 Å². The van der Waals surface area contributed by atoms with Crippen LogP contribution in [0.2, 0.25) is 0 Å². The molecule has 0 bridgehead atoms. The van der Waals surface area contributed by atoms with Gasteiger partial charge < -0.3 is 10.1 Å². The van der Waals surface area contributed by atoms with Crippen molar-refractivity contribution in [2.24, 2.45) is 0 Å². The van der Waals surface area contributed by atoms with Crippen molar-refractivity contribution in [3.8, 4) is 0 Å². The van der Waals surface area contributed by atoms with E-state index < -0.39 is 0 Å². The topological polar surface area (TPSA) is 63.2 Å². The average molecular weight is 400 g/mol. The molecule has 150 valence electrons. The average Bonchev–Trinajstić information content (AvgIpc) is 3.11. The summed E-state index contributed by atoms with van der Waals surface area (Å²) in [6, 6.07) is 6.53. The largest absolute Gasteiger partial charge is 0.385 e. The summed E-state index contributed by atoms with van der Waals surface area (Å²) in [5.41, 5.74) is 3.24. The second kappa shape index (κ2) is 9.41. The van der Waals surface area contributed by atoms with Gasteiger partial charge in [0, 0.05) is 36.7 Å². The van der Waals surface area contributed by atoms with E-state index in [-0.39, 0.29) is 6.04 Å². The van der Waals surface area contributed by atoms with Gasteiger partial charge in [0.25, 0.3) is 0 Å². The van der Waals surface area contributed by atoms with E-state index in [9.17, 15) is 0 Å². The lowest BCUT2D eigenvalue weighted by Crippen LogP contribution is -2.23. The van der Waals surface area contributed by atoms with Crippen molar-refractivity contribution < 1.29 is 4.74 Å². The first-order chi connectivity index (χ1) is 13.5. The van der Waals surface area contributed by atoms with Crippen molar-refractivity contribution in [3.05, 3.63) is 45.7 Å². The SMILES string of the molecule is COCCCNc1nc(CN(C)[C@@H](C)c2nc(C)cs2)nc2ccc(C)cc12. The van der Waals surface area contributed by atoms with E-state index in [0.29, 0.717) is 6.54 Å². The minimum Gasteiger partial charge on any atom is -0.385 e. The van der Waals surface area contributed by atoms with Gasteiger partial charge in [0.1, 0.15) is 16.6 Å². The number of aryl methyl sites for hydroxylation is 2. The molecule has 1 N–H and O–H groups in total. The van der Waals surface area contributed by atoms with Crippen LogP contribution in [0.5, 0.6) is 0 Å². The van der Waals surface area contributed by atoms with Crippen LogP contribution in [0, 0.1) is 13.8 Å². The van der Waals surface area contributed by atoms with Crippen molar-refractivity contribution in [1.29, 1.82) is 0 Å². The Morgan fingerprint density at radius 1 is 1.21 bits per heavy atom. The highest BCUT2D eigenvalue weighted by atomic mass is 32.1. The molecule has 0 saturated heterocycles. The third-order valence-corrected chi connectivity index (χ3v) is 5.89. The molecule has 0 aliphatic carbocycles. The van der Waals surface area contributed by atoms with Crippen LogP contribution in [-0.2, 0) is 11.3 Å². The van der Waals surface area contributed by atoms with E-state index in [1.54, 1.807) is 18.4 Å². The number of thiazole rings is 1. The number of nitrogens with one attached hydrogen (secondary N) is 1. The van der Waals surface area contributed by atoms with Crippen molar-refractivity contribution in [1.82, 2.24) is 19.9 Å². The number of ether oxygens (including phenoxy) is 1. The molecule has 1 aromatic carbocycles. The molecular weight excluding hydrogens is 370 g/mol. The van der Waals surface area contributed by atoms with Gasteiger partial charge in [0.15, 0.2) is 0 Å². The van der Waals surface area contributed by atoms with E-state index in [4.69, 9.17) is 14.7 Å². The summed E-state index contributed by atoms with van der Waals surface area (Å²) in [7, 11) is 3.82. The maximum absolute atomic E-state index is 5.15. The fraction of sp³-hybridized carbons (Fsp3) is 0.476. The molecule has 7 heteroatoms. The molecule has 6 nitrogen and oxygen atoms in total. The highest BCUT2D eigenvalue weighted by Crippen LogP contribution is 2.25. The summed E-state index contributed by atoms with van der Waals surface area (Å²) in [5.74, 6) is 1.71. The zero-order valence-electron chi connectivity index (χ0n) is 17.3. The van der Waals surface area contributed by atoms with Gasteiger partial charge in [0.2, 0.25) is 0 Å². The van der Waals surface area contributed by atoms with Crippen LogP contribution in [-0.4, -0.2) is 47.2 Å². The summed E-state index contributed by atoms with van der Waals surface area (Å²) >= 11 is 1.70. The molecule has 0 saturated carbocycles. The number of methoxy groups -OCH3 is 1. The molecule has 0 amide bonds. The van der Waals surface area contributed by atoms with Crippen molar-refractivity contribution in [2.45, 2.75) is 39.8 Å². The monoisotopic (exact) mass is 399 g/mol. The zero-order chi connectivity index (χ0) is 20.1. The van der Waals surface area contributed by atoms with Gasteiger partial charge in [-0.15, -0.1) is 11.3 Å². The Balaban J connectivity index is 1.82. The number of hydrogen-bond donors (Lipinski definition) is 1. The maximum Gasteiger partial charge on any atom is 0.145 e. The fourth-order valence-corrected chi connectivity index (χ4v) is 3.95. The summed E-state index contributed by atoms with van der Waals surface area (Å²) < 4.78 is 5.15. The molecule has 28 heavy (non-hydrogen) atoms. The summed E-state index contributed by atoms with van der Waals surface area (Å²) in [6.07, 6.45) is 0.934. The lowest BCUT2D eigenvalue weighted by molar-refractivity contribution is 0.198. The quantitative estimate of drug-likeness (QED) is 0.540. The third-order valence-electron chi connectivity index (χ3n) is 4.76. The van der Waals surface area contributed by atoms with Crippen LogP contribution in [0.15, 0.2) is 23.6 Å². The number of nitrogens with zero attached hydrogens (tertiary/aromatic N) is 4. The lowest BCUT2D eigenvalue weighted by atomic mass is 10.1. The Labute approximate surface area is 171 Å². The Morgan fingerprint density at radius 3 is 2.75 bits per heavy atom. The van der Waals surface area contributed by atoms with E-state index in [2.05, 4.69) is 59.7 Å². The van der Waals surface area contributed by atoms with Gasteiger partial charge >= 0.3 is 0 Å². The first kappa shape index (κ1) is 20.6. The molecule has 3 rings (SSSR count). The van der Waals surface area contributed by atoms with E-state index in [1.807, 2.05) is 6.92 Å². The second-order valence-corrected chi connectivity index (χ2v) is 8.09. The van der Waals surface area contributed by atoms with Gasteiger partial charge in [-0.05, 0) is 46.4 Å². The van der Waals surface area contributed by atoms with Gasteiger partial charge in [0.05, 0.1) is 18.1 Å². The molecule has 0 spiro atoms. The fourth-order valence-electron chi connectivity index (χ4n) is 3.03. The van der Waals surface area contributed by atoms with Crippen LogP contribution < -0.4 is 5.32 Å². The molecule has 2 heterocycles. The number of anilines is 1. The standard InChI is InChI=1S/C21H29N5OS/c1-14-7-8-18-17(11-14)20(22-9-6-10-27-5)25-19(24-18)12-26(4)16(3)21-23-15(2)13-28-21/h7-8,11,13,16H,6,9-10,12H2,1-5H3,(H,22,24,25)/t16-/m0/s1. The normalized spacial score (nSPS) is 12.6. The van der Waals surface area contributed by atoms with E-state index >= 15 is 0 Å². The first-order valence-corrected chi connectivity index (χ1v) is 10.5. The molecule has 0 unspecified atom stereocenters. The highest BCUT2D eigenvalue weighted by Gasteiger charge is 2.17. The molecule has 0 aliphatic rings. The molecule has 1 atom stereocenters. The van der Waals surface area contributed by atoms with Gasteiger partial charge in [-0.25, -0.2) is 15.0 Å². The highest BCUT2D eigenvalue weighted by molar-refractivity contribution is 7.09. The second-order valence-electron chi connectivity index (χ2n) is 7.20. The Bertz CT molecular complexity index is 926. The number of aromatic nitrogens is 3. The van der Waals surface area contributed by atoms with E-state index in [0.717, 1.165) is 52.8 Å². The number of fused-ring (bicyclic) bond motifs is 1. The van der Waals surface area contributed by atoms with Crippen LogP contribution in [0.25, 0.3) is 10.9 Å². The molecule has 0 fully saturated rings. The number of benzene rings is 1. The summed E-state index contributed by atoms with van der Waals surface area (Å²) in [4.78, 5) is 16.5. The minimum absolute atomic E-state index is 0.217. The zero-order valence-corrected chi connectivity index (χ0v) is 18.1. The predicted molar refractivity (Wildman–Crippen MR) is 116 cm³/mol. The summed E-state index contributed by atoms with van der Waals surface area (Å²) in [6.45, 7) is 8.51. The van der Waals surface area contributed by atoms with Crippen LogP contribution >= 0.6 is 11.3 Å². The lowest BCUT2D eigenvalue weighted by Gasteiger charge is -2.22.